The highest BCUT2D eigenvalue weighted by Gasteiger charge is 2.43. The normalized spacial score (nSPS) is 20.1. The summed E-state index contributed by atoms with van der Waals surface area (Å²) in [6.45, 7) is 3.69. The van der Waals surface area contributed by atoms with Crippen molar-refractivity contribution in [1.82, 2.24) is 19.7 Å². The van der Waals surface area contributed by atoms with Crippen molar-refractivity contribution in [3.63, 3.8) is 0 Å². The first-order valence-corrected chi connectivity index (χ1v) is 11.1. The molecule has 1 fully saturated rings. The molecule has 1 aromatic heterocycles. The highest BCUT2D eigenvalue weighted by Crippen LogP contribution is 2.43. The molecule has 31 heavy (non-hydrogen) atoms. The van der Waals surface area contributed by atoms with E-state index in [1.54, 1.807) is 0 Å². The molecule has 160 valence electrons. The maximum atomic E-state index is 6.30. The lowest BCUT2D eigenvalue weighted by molar-refractivity contribution is -0.389. The van der Waals surface area contributed by atoms with E-state index in [0.29, 0.717) is 6.61 Å². The Morgan fingerprint density at radius 1 is 1.00 bits per heavy atom. The molecule has 0 N–H and O–H groups in total. The Morgan fingerprint density at radius 2 is 1.84 bits per heavy atom. The molecule has 3 aliphatic heterocycles. The van der Waals surface area contributed by atoms with Crippen LogP contribution < -0.4 is 4.90 Å². The second-order valence-electron chi connectivity index (χ2n) is 8.68. The van der Waals surface area contributed by atoms with Gasteiger partial charge in [-0.05, 0) is 41.9 Å². The second-order valence-corrected chi connectivity index (χ2v) is 9.12. The van der Waals surface area contributed by atoms with E-state index in [9.17, 15) is 0 Å². The minimum atomic E-state index is -0.390. The number of fused-ring (bicyclic) bond motifs is 5. The van der Waals surface area contributed by atoms with E-state index in [1.807, 2.05) is 12.1 Å². The van der Waals surface area contributed by atoms with Gasteiger partial charge in [0.25, 0.3) is 0 Å². The smallest absolute Gasteiger partial charge is 0.231 e. The van der Waals surface area contributed by atoms with Crippen LogP contribution in [-0.4, -0.2) is 39.8 Å². The van der Waals surface area contributed by atoms with Crippen molar-refractivity contribution in [1.29, 1.82) is 0 Å². The molecule has 0 aliphatic carbocycles. The third-order valence-electron chi connectivity index (χ3n) is 6.64. The van der Waals surface area contributed by atoms with Gasteiger partial charge in [0, 0.05) is 37.5 Å². The zero-order chi connectivity index (χ0) is 21.0. The SMILES string of the molecule is CN1Cc2cc(Cl)ccc2-n2c(nnc2N2CCC3(CC2)OOCc2ccccc23)C1. The summed E-state index contributed by atoms with van der Waals surface area (Å²) in [5, 5.41) is 9.90. The van der Waals surface area contributed by atoms with Gasteiger partial charge in [-0.15, -0.1) is 10.2 Å². The Morgan fingerprint density at radius 3 is 2.71 bits per heavy atom. The Labute approximate surface area is 186 Å². The van der Waals surface area contributed by atoms with Crippen molar-refractivity contribution in [2.75, 3.05) is 25.0 Å². The average Bonchev–Trinajstić information content (AvgIpc) is 3.12. The molecule has 3 aliphatic rings. The summed E-state index contributed by atoms with van der Waals surface area (Å²) in [6.07, 6.45) is 1.67. The Hall–Kier alpha value is -2.45. The van der Waals surface area contributed by atoms with Crippen molar-refractivity contribution < 1.29 is 9.78 Å². The van der Waals surface area contributed by atoms with Gasteiger partial charge in [-0.3, -0.25) is 9.47 Å². The van der Waals surface area contributed by atoms with Gasteiger partial charge >= 0.3 is 0 Å². The Balaban J connectivity index is 1.34. The fourth-order valence-corrected chi connectivity index (χ4v) is 5.30. The fourth-order valence-electron chi connectivity index (χ4n) is 5.11. The highest BCUT2D eigenvalue weighted by molar-refractivity contribution is 6.30. The molecule has 1 spiro atoms. The van der Waals surface area contributed by atoms with Gasteiger partial charge in [0.2, 0.25) is 5.95 Å². The highest BCUT2D eigenvalue weighted by atomic mass is 35.5. The lowest BCUT2D eigenvalue weighted by Crippen LogP contribution is -2.47. The summed E-state index contributed by atoms with van der Waals surface area (Å²) in [7, 11) is 2.09. The predicted octanol–water partition coefficient (Wildman–Crippen LogP) is 3.82. The van der Waals surface area contributed by atoms with Gasteiger partial charge in [0.05, 0.1) is 12.2 Å². The van der Waals surface area contributed by atoms with Crippen LogP contribution in [0.25, 0.3) is 5.69 Å². The van der Waals surface area contributed by atoms with Crippen molar-refractivity contribution in [2.24, 2.45) is 0 Å². The summed E-state index contributed by atoms with van der Waals surface area (Å²) < 4.78 is 2.19. The number of hydrogen-bond acceptors (Lipinski definition) is 6. The molecule has 0 amide bonds. The second kappa shape index (κ2) is 7.31. The first-order valence-electron chi connectivity index (χ1n) is 10.7. The third kappa shape index (κ3) is 3.15. The van der Waals surface area contributed by atoms with E-state index in [1.165, 1.54) is 16.7 Å². The van der Waals surface area contributed by atoms with Crippen molar-refractivity contribution in [3.05, 3.63) is 70.0 Å². The molecule has 1 saturated heterocycles. The molecule has 3 aromatic rings. The summed E-state index contributed by atoms with van der Waals surface area (Å²) in [5.74, 6) is 1.83. The van der Waals surface area contributed by atoms with Gasteiger partial charge in [-0.2, -0.15) is 0 Å². The van der Waals surface area contributed by atoms with Gasteiger partial charge in [0.15, 0.2) is 5.82 Å². The number of piperidine rings is 1. The van der Waals surface area contributed by atoms with Crippen LogP contribution in [0.2, 0.25) is 5.02 Å². The number of benzene rings is 2. The van der Waals surface area contributed by atoms with Crippen molar-refractivity contribution >= 4 is 17.5 Å². The largest absolute Gasteiger partial charge is 0.340 e. The Kier molecular flexibility index (Phi) is 4.54. The van der Waals surface area contributed by atoms with Gasteiger partial charge < -0.3 is 4.90 Å². The van der Waals surface area contributed by atoms with Crippen molar-refractivity contribution in [3.8, 4) is 5.69 Å². The topological polar surface area (TPSA) is 55.7 Å². The number of halogens is 1. The molecule has 0 radical (unpaired) electrons. The summed E-state index contributed by atoms with van der Waals surface area (Å²) in [5.41, 5.74) is 4.36. The molecule has 8 heteroatoms. The molecule has 7 nitrogen and oxygen atoms in total. The van der Waals surface area contributed by atoms with Gasteiger partial charge in [-0.1, -0.05) is 35.9 Å². The first-order chi connectivity index (χ1) is 15.1. The maximum absolute atomic E-state index is 6.30. The number of rotatable bonds is 1. The molecule has 2 aromatic carbocycles. The van der Waals surface area contributed by atoms with Crippen LogP contribution in [-0.2, 0) is 35.1 Å². The standard InChI is InChI=1S/C23H24ClN5O2/c1-27-13-17-12-18(24)6-7-20(17)29-21(14-27)25-26-22(29)28-10-8-23(9-11-28)19-5-3-2-4-16(19)15-30-31-23/h2-7,12H,8-11,13-15H2,1H3. The number of hydrogen-bond donors (Lipinski definition) is 0. The quantitative estimate of drug-likeness (QED) is 0.539. The van der Waals surface area contributed by atoms with E-state index in [-0.39, 0.29) is 0 Å². The minimum absolute atomic E-state index is 0.390. The van der Waals surface area contributed by atoms with Crippen LogP contribution in [0.3, 0.4) is 0 Å². The summed E-state index contributed by atoms with van der Waals surface area (Å²) >= 11 is 6.30. The Bertz CT molecular complexity index is 1140. The number of aromatic nitrogens is 3. The number of nitrogens with zero attached hydrogens (tertiary/aromatic N) is 5. The first kappa shape index (κ1) is 19.3. The lowest BCUT2D eigenvalue weighted by Gasteiger charge is -2.43. The van der Waals surface area contributed by atoms with E-state index < -0.39 is 5.60 Å². The molecule has 0 unspecified atom stereocenters. The minimum Gasteiger partial charge on any atom is -0.340 e. The van der Waals surface area contributed by atoms with Crippen LogP contribution in [0, 0.1) is 0 Å². The maximum Gasteiger partial charge on any atom is 0.231 e. The van der Waals surface area contributed by atoms with Crippen LogP contribution in [0.1, 0.15) is 35.4 Å². The number of anilines is 1. The zero-order valence-electron chi connectivity index (χ0n) is 17.4. The summed E-state index contributed by atoms with van der Waals surface area (Å²) in [6, 6.07) is 14.5. The average molecular weight is 438 g/mol. The van der Waals surface area contributed by atoms with E-state index in [0.717, 1.165) is 61.5 Å². The molecular weight excluding hydrogens is 414 g/mol. The fraction of sp³-hybridized carbons (Fsp3) is 0.391. The van der Waals surface area contributed by atoms with Crippen LogP contribution in [0.5, 0.6) is 0 Å². The van der Waals surface area contributed by atoms with Crippen molar-refractivity contribution in [2.45, 2.75) is 38.1 Å². The molecule has 6 rings (SSSR count). The zero-order valence-corrected chi connectivity index (χ0v) is 18.2. The van der Waals surface area contributed by atoms with E-state index in [4.69, 9.17) is 21.4 Å². The molecule has 0 saturated carbocycles. The van der Waals surface area contributed by atoms with Crippen LogP contribution in [0.4, 0.5) is 5.95 Å². The predicted molar refractivity (Wildman–Crippen MR) is 117 cm³/mol. The summed E-state index contributed by atoms with van der Waals surface area (Å²) in [4.78, 5) is 16.0. The lowest BCUT2D eigenvalue weighted by atomic mass is 9.81. The van der Waals surface area contributed by atoms with Crippen LogP contribution in [0.15, 0.2) is 42.5 Å². The third-order valence-corrected chi connectivity index (χ3v) is 6.88. The van der Waals surface area contributed by atoms with E-state index in [2.05, 4.69) is 61.9 Å². The molecule has 4 heterocycles. The monoisotopic (exact) mass is 437 g/mol. The van der Waals surface area contributed by atoms with Gasteiger partial charge in [-0.25, -0.2) is 9.78 Å². The van der Waals surface area contributed by atoms with Crippen LogP contribution >= 0.6 is 11.6 Å². The molecular formula is C23H24ClN5O2. The molecule has 0 bridgehead atoms. The van der Waals surface area contributed by atoms with Gasteiger partial charge in [0.1, 0.15) is 12.2 Å². The van der Waals surface area contributed by atoms with E-state index >= 15 is 0 Å². The molecule has 0 atom stereocenters.